The summed E-state index contributed by atoms with van der Waals surface area (Å²) in [5, 5.41) is 19.0. The van der Waals surface area contributed by atoms with Gasteiger partial charge in [0.15, 0.2) is 0 Å². The van der Waals surface area contributed by atoms with Crippen molar-refractivity contribution in [1.29, 1.82) is 0 Å². The standard InChI is InChI=1S/C30H43N7O6/c1-18(2)12-22(26(39)15-27(31)40)34-29(42)24(14-21-16-32-17-33-21)35-28(41)23(13-20-8-5-4-6-9-20)36-30(43)25-10-7-11-37(25)19(3)38/h4-6,8-9,16-18,22-26,39H,7,10-15H2,1-3H3,(H2,31,40)(H,32,33)(H,34,42)(H,35,41)(H,36,43)/t22-,23-,24-,25-,26-/m0/s1. The predicted octanol–water partition coefficient (Wildman–Crippen LogP) is -0.0574. The van der Waals surface area contributed by atoms with E-state index in [2.05, 4.69) is 25.9 Å². The van der Waals surface area contributed by atoms with E-state index in [1.54, 1.807) is 0 Å². The quantitative estimate of drug-likeness (QED) is 0.165. The largest absolute Gasteiger partial charge is 0.390 e. The number of amides is 5. The zero-order chi connectivity index (χ0) is 31.5. The highest BCUT2D eigenvalue weighted by Crippen LogP contribution is 2.18. The molecule has 5 amide bonds. The van der Waals surface area contributed by atoms with Gasteiger partial charge in [-0.3, -0.25) is 24.0 Å². The molecule has 13 heteroatoms. The number of hydrogen-bond donors (Lipinski definition) is 6. The van der Waals surface area contributed by atoms with Crippen LogP contribution in [0.3, 0.4) is 0 Å². The molecule has 0 saturated carbocycles. The number of aromatic amines is 1. The molecular formula is C30H43N7O6. The first-order chi connectivity index (χ1) is 20.4. The first-order valence-electron chi connectivity index (χ1n) is 14.6. The summed E-state index contributed by atoms with van der Waals surface area (Å²) in [6.07, 6.45) is 3.16. The fourth-order valence-corrected chi connectivity index (χ4v) is 5.29. The SMILES string of the molecule is CC(=O)N1CCC[C@H]1C(=O)N[C@@H](Cc1ccccc1)C(=O)N[C@@H](Cc1cnc[nH]1)C(=O)N[C@@H](CC(C)C)[C@@H](O)CC(N)=O. The molecule has 13 nitrogen and oxygen atoms in total. The minimum absolute atomic E-state index is 0.0463. The Morgan fingerprint density at radius 2 is 1.72 bits per heavy atom. The highest BCUT2D eigenvalue weighted by atomic mass is 16.3. The number of aliphatic hydroxyl groups excluding tert-OH is 1. The Bertz CT molecular complexity index is 1240. The lowest BCUT2D eigenvalue weighted by atomic mass is 9.96. The van der Waals surface area contributed by atoms with Crippen molar-refractivity contribution in [2.24, 2.45) is 11.7 Å². The van der Waals surface area contributed by atoms with Gasteiger partial charge in [-0.2, -0.15) is 0 Å². The van der Waals surface area contributed by atoms with Crippen LogP contribution in [0.25, 0.3) is 0 Å². The summed E-state index contributed by atoms with van der Waals surface area (Å²) in [6, 6.07) is 5.50. The molecule has 234 valence electrons. The third-order valence-corrected chi connectivity index (χ3v) is 7.42. The van der Waals surface area contributed by atoms with Crippen LogP contribution in [-0.4, -0.2) is 86.3 Å². The molecule has 1 fully saturated rings. The van der Waals surface area contributed by atoms with Crippen molar-refractivity contribution in [1.82, 2.24) is 30.8 Å². The molecule has 3 rings (SSSR count). The van der Waals surface area contributed by atoms with Gasteiger partial charge < -0.3 is 36.7 Å². The van der Waals surface area contributed by atoms with E-state index in [-0.39, 0.29) is 31.1 Å². The van der Waals surface area contributed by atoms with Crippen molar-refractivity contribution in [2.45, 2.75) is 89.6 Å². The molecule has 1 aliphatic heterocycles. The van der Waals surface area contributed by atoms with Crippen LogP contribution in [-0.2, 0) is 36.8 Å². The molecular weight excluding hydrogens is 554 g/mol. The maximum Gasteiger partial charge on any atom is 0.243 e. The summed E-state index contributed by atoms with van der Waals surface area (Å²) in [5.74, 6) is -2.47. The average Bonchev–Trinajstić information content (AvgIpc) is 3.64. The second-order valence-electron chi connectivity index (χ2n) is 11.4. The number of rotatable bonds is 15. The van der Waals surface area contributed by atoms with Crippen molar-refractivity contribution >= 4 is 29.5 Å². The van der Waals surface area contributed by atoms with Gasteiger partial charge in [0.2, 0.25) is 29.5 Å². The van der Waals surface area contributed by atoms with Crippen LogP contribution in [0.4, 0.5) is 0 Å². The number of H-pyrrole nitrogens is 1. The molecule has 1 aliphatic rings. The summed E-state index contributed by atoms with van der Waals surface area (Å²) in [4.78, 5) is 72.6. The normalized spacial score (nSPS) is 17.5. The number of nitrogens with two attached hydrogens (primary N) is 1. The van der Waals surface area contributed by atoms with E-state index < -0.39 is 53.9 Å². The smallest absolute Gasteiger partial charge is 0.243 e. The van der Waals surface area contributed by atoms with E-state index in [0.29, 0.717) is 31.5 Å². The van der Waals surface area contributed by atoms with Crippen molar-refractivity contribution in [3.05, 3.63) is 54.1 Å². The number of primary amides is 1. The van der Waals surface area contributed by atoms with Crippen molar-refractivity contribution < 1.29 is 29.1 Å². The van der Waals surface area contributed by atoms with E-state index >= 15 is 0 Å². The Morgan fingerprint density at radius 3 is 2.33 bits per heavy atom. The monoisotopic (exact) mass is 597 g/mol. The summed E-state index contributed by atoms with van der Waals surface area (Å²) >= 11 is 0. The number of nitrogens with zero attached hydrogens (tertiary/aromatic N) is 2. The van der Waals surface area contributed by atoms with E-state index in [9.17, 15) is 29.1 Å². The molecule has 0 unspecified atom stereocenters. The van der Waals surface area contributed by atoms with Crippen molar-refractivity contribution in [3.63, 3.8) is 0 Å². The number of aliphatic hydroxyl groups is 1. The molecule has 0 bridgehead atoms. The van der Waals surface area contributed by atoms with Gasteiger partial charge in [-0.25, -0.2) is 4.98 Å². The molecule has 7 N–H and O–H groups in total. The summed E-state index contributed by atoms with van der Waals surface area (Å²) in [6.45, 7) is 5.70. The minimum atomic E-state index is -1.21. The first-order valence-corrected chi connectivity index (χ1v) is 14.6. The number of carbonyl (C=O) groups excluding carboxylic acids is 5. The number of benzene rings is 1. The first kappa shape index (κ1) is 33.2. The zero-order valence-electron chi connectivity index (χ0n) is 24.9. The molecule has 1 aromatic heterocycles. The minimum Gasteiger partial charge on any atom is -0.390 e. The Balaban J connectivity index is 1.84. The van der Waals surface area contributed by atoms with Gasteiger partial charge in [0.1, 0.15) is 18.1 Å². The van der Waals surface area contributed by atoms with E-state index in [4.69, 9.17) is 5.73 Å². The fourth-order valence-electron chi connectivity index (χ4n) is 5.29. The highest BCUT2D eigenvalue weighted by molar-refractivity contribution is 5.94. The average molecular weight is 598 g/mol. The van der Waals surface area contributed by atoms with Crippen LogP contribution >= 0.6 is 0 Å². The van der Waals surface area contributed by atoms with Crippen LogP contribution in [0, 0.1) is 5.92 Å². The molecule has 1 aromatic carbocycles. The third kappa shape index (κ3) is 10.2. The maximum atomic E-state index is 13.8. The van der Waals surface area contributed by atoms with Gasteiger partial charge in [-0.1, -0.05) is 44.2 Å². The number of imidazole rings is 1. The highest BCUT2D eigenvalue weighted by Gasteiger charge is 2.36. The third-order valence-electron chi connectivity index (χ3n) is 7.42. The lowest BCUT2D eigenvalue weighted by molar-refractivity contribution is -0.138. The fraction of sp³-hybridized carbons (Fsp3) is 0.533. The molecule has 1 saturated heterocycles. The second kappa shape index (κ2) is 15.8. The number of hydrogen-bond acceptors (Lipinski definition) is 7. The number of nitrogens with one attached hydrogen (secondary N) is 4. The van der Waals surface area contributed by atoms with Gasteiger partial charge in [0.05, 0.1) is 24.9 Å². The summed E-state index contributed by atoms with van der Waals surface area (Å²) < 4.78 is 0. The Hall–Kier alpha value is -4.26. The zero-order valence-corrected chi connectivity index (χ0v) is 24.9. The van der Waals surface area contributed by atoms with Crippen LogP contribution in [0.1, 0.15) is 57.7 Å². The molecule has 0 aliphatic carbocycles. The van der Waals surface area contributed by atoms with Gasteiger partial charge >= 0.3 is 0 Å². The van der Waals surface area contributed by atoms with Crippen molar-refractivity contribution in [2.75, 3.05) is 6.54 Å². The lowest BCUT2D eigenvalue weighted by Gasteiger charge is -2.29. The second-order valence-corrected chi connectivity index (χ2v) is 11.4. The molecule has 2 aromatic rings. The van der Waals surface area contributed by atoms with E-state index in [1.807, 2.05) is 44.2 Å². The predicted molar refractivity (Wildman–Crippen MR) is 158 cm³/mol. The Morgan fingerprint density at radius 1 is 1.05 bits per heavy atom. The summed E-state index contributed by atoms with van der Waals surface area (Å²) in [5.41, 5.74) is 6.64. The van der Waals surface area contributed by atoms with Crippen LogP contribution in [0.2, 0.25) is 0 Å². The van der Waals surface area contributed by atoms with Crippen molar-refractivity contribution in [3.8, 4) is 0 Å². The van der Waals surface area contributed by atoms with E-state index in [0.717, 1.165) is 5.56 Å². The Labute approximate surface area is 251 Å². The molecule has 0 spiro atoms. The number of likely N-dealkylation sites (tertiary alicyclic amines) is 1. The van der Waals surface area contributed by atoms with Crippen LogP contribution in [0.15, 0.2) is 42.9 Å². The van der Waals surface area contributed by atoms with Gasteiger partial charge in [-0.05, 0) is 30.7 Å². The van der Waals surface area contributed by atoms with Crippen LogP contribution < -0.4 is 21.7 Å². The summed E-state index contributed by atoms with van der Waals surface area (Å²) in [7, 11) is 0. The van der Waals surface area contributed by atoms with Crippen LogP contribution in [0.5, 0.6) is 0 Å². The van der Waals surface area contributed by atoms with Gasteiger partial charge in [0, 0.05) is 38.2 Å². The Kier molecular flexibility index (Phi) is 12.2. The molecule has 43 heavy (non-hydrogen) atoms. The number of carbonyl (C=O) groups is 5. The molecule has 2 heterocycles. The molecule has 5 atom stereocenters. The number of aromatic nitrogens is 2. The lowest BCUT2D eigenvalue weighted by Crippen LogP contribution is -2.58. The maximum absolute atomic E-state index is 13.8. The van der Waals surface area contributed by atoms with Gasteiger partial charge in [-0.15, -0.1) is 0 Å². The van der Waals surface area contributed by atoms with Gasteiger partial charge in [0.25, 0.3) is 0 Å². The molecule has 0 radical (unpaired) electrons. The van der Waals surface area contributed by atoms with E-state index in [1.165, 1.54) is 24.3 Å². The topological polar surface area (TPSA) is 200 Å².